The lowest BCUT2D eigenvalue weighted by Crippen LogP contribution is -2.35. The van der Waals surface area contributed by atoms with Crippen LogP contribution in [0.15, 0.2) is 24.3 Å². The lowest BCUT2D eigenvalue weighted by molar-refractivity contribution is -0.121. The molecule has 1 aromatic carbocycles. The molecule has 1 aromatic rings. The highest BCUT2D eigenvalue weighted by Gasteiger charge is 2.23. The fourth-order valence-electron chi connectivity index (χ4n) is 2.32. The highest BCUT2D eigenvalue weighted by Crippen LogP contribution is 2.19. The first-order chi connectivity index (χ1) is 9.60. The van der Waals surface area contributed by atoms with Crippen LogP contribution in [0.1, 0.15) is 23.2 Å². The Bertz CT molecular complexity index is 476. The summed E-state index contributed by atoms with van der Waals surface area (Å²) in [4.78, 5) is 25.7. The normalized spacial score (nSPS) is 16.7. The van der Waals surface area contributed by atoms with E-state index in [1.54, 1.807) is 24.3 Å². The summed E-state index contributed by atoms with van der Waals surface area (Å²) in [6.45, 7) is 1.92. The summed E-state index contributed by atoms with van der Waals surface area (Å²) in [5.74, 6) is -0.242. The maximum absolute atomic E-state index is 12.1. The zero-order valence-corrected chi connectivity index (χ0v) is 11.9. The number of anilines is 1. The average Bonchev–Trinajstić information content (AvgIpc) is 2.48. The molecule has 1 fully saturated rings. The number of nitrogens with one attached hydrogen (secondary N) is 1. The molecular weight excluding hydrogens is 256 g/mol. The number of piperidine rings is 1. The molecule has 1 amide bonds. The van der Waals surface area contributed by atoms with Gasteiger partial charge in [-0.3, -0.25) is 4.79 Å². The van der Waals surface area contributed by atoms with Gasteiger partial charge in [0.05, 0.1) is 12.7 Å². The van der Waals surface area contributed by atoms with Gasteiger partial charge in [-0.25, -0.2) is 4.79 Å². The van der Waals surface area contributed by atoms with E-state index in [1.807, 2.05) is 0 Å². The quantitative estimate of drug-likeness (QED) is 0.855. The fraction of sp³-hybridized carbons (Fsp3) is 0.467. The standard InChI is InChI=1S/C15H20N2O3/c1-17-9-7-11(8-10-17)14(18)16-13-5-3-12(4-6-13)15(19)20-2/h3-6,11H,7-10H2,1-2H3,(H,16,18). The molecule has 5 nitrogen and oxygen atoms in total. The average molecular weight is 276 g/mol. The van der Waals surface area contributed by atoms with Gasteiger partial charge in [0.2, 0.25) is 5.91 Å². The van der Waals surface area contributed by atoms with E-state index >= 15 is 0 Å². The minimum Gasteiger partial charge on any atom is -0.465 e. The Morgan fingerprint density at radius 1 is 1.20 bits per heavy atom. The molecule has 1 heterocycles. The van der Waals surface area contributed by atoms with Crippen molar-refractivity contribution in [2.75, 3.05) is 32.6 Å². The molecule has 1 saturated heterocycles. The predicted octanol–water partition coefficient (Wildman–Crippen LogP) is 1.75. The SMILES string of the molecule is COC(=O)c1ccc(NC(=O)C2CCN(C)CC2)cc1. The number of amides is 1. The molecule has 0 spiro atoms. The topological polar surface area (TPSA) is 58.6 Å². The van der Waals surface area contributed by atoms with Crippen molar-refractivity contribution >= 4 is 17.6 Å². The van der Waals surface area contributed by atoms with Crippen LogP contribution in [0.3, 0.4) is 0 Å². The van der Waals surface area contributed by atoms with Crippen molar-refractivity contribution in [1.82, 2.24) is 4.90 Å². The van der Waals surface area contributed by atoms with Gasteiger partial charge in [-0.05, 0) is 57.2 Å². The van der Waals surface area contributed by atoms with Crippen LogP contribution in [0.2, 0.25) is 0 Å². The van der Waals surface area contributed by atoms with Crippen LogP contribution in [0, 0.1) is 5.92 Å². The molecule has 2 rings (SSSR count). The number of rotatable bonds is 3. The molecule has 0 atom stereocenters. The highest BCUT2D eigenvalue weighted by molar-refractivity contribution is 5.94. The summed E-state index contributed by atoms with van der Waals surface area (Å²) in [6.07, 6.45) is 1.78. The Morgan fingerprint density at radius 2 is 1.80 bits per heavy atom. The molecule has 0 radical (unpaired) electrons. The molecule has 20 heavy (non-hydrogen) atoms. The number of carbonyl (C=O) groups is 2. The number of benzene rings is 1. The van der Waals surface area contributed by atoms with E-state index in [4.69, 9.17) is 0 Å². The number of hydrogen-bond donors (Lipinski definition) is 1. The third-order valence-electron chi connectivity index (χ3n) is 3.66. The highest BCUT2D eigenvalue weighted by atomic mass is 16.5. The Hall–Kier alpha value is -1.88. The lowest BCUT2D eigenvalue weighted by atomic mass is 9.96. The largest absolute Gasteiger partial charge is 0.465 e. The molecule has 0 bridgehead atoms. The third kappa shape index (κ3) is 3.57. The van der Waals surface area contributed by atoms with Gasteiger partial charge >= 0.3 is 5.97 Å². The summed E-state index contributed by atoms with van der Waals surface area (Å²) >= 11 is 0. The Labute approximate surface area is 118 Å². The summed E-state index contributed by atoms with van der Waals surface area (Å²) in [5, 5.41) is 2.90. The van der Waals surface area contributed by atoms with E-state index in [9.17, 15) is 9.59 Å². The Balaban J connectivity index is 1.92. The Morgan fingerprint density at radius 3 is 2.35 bits per heavy atom. The van der Waals surface area contributed by atoms with Crippen LogP contribution in [0.25, 0.3) is 0 Å². The number of methoxy groups -OCH3 is 1. The number of likely N-dealkylation sites (tertiary alicyclic amines) is 1. The second kappa shape index (κ2) is 6.52. The van der Waals surface area contributed by atoms with Gasteiger partial charge in [0.25, 0.3) is 0 Å². The lowest BCUT2D eigenvalue weighted by Gasteiger charge is -2.28. The molecule has 1 N–H and O–H groups in total. The fourth-order valence-corrected chi connectivity index (χ4v) is 2.32. The number of carbonyl (C=O) groups excluding carboxylic acids is 2. The van der Waals surface area contributed by atoms with Gasteiger partial charge < -0.3 is 15.0 Å². The van der Waals surface area contributed by atoms with Crippen molar-refractivity contribution in [2.24, 2.45) is 5.92 Å². The van der Waals surface area contributed by atoms with Gasteiger partial charge in [0.15, 0.2) is 0 Å². The minimum atomic E-state index is -0.377. The second-order valence-electron chi connectivity index (χ2n) is 5.14. The van der Waals surface area contributed by atoms with Gasteiger partial charge in [-0.15, -0.1) is 0 Å². The molecule has 0 aromatic heterocycles. The van der Waals surface area contributed by atoms with Gasteiger partial charge in [-0.1, -0.05) is 0 Å². The van der Waals surface area contributed by atoms with Crippen LogP contribution in [0.5, 0.6) is 0 Å². The smallest absolute Gasteiger partial charge is 0.337 e. The van der Waals surface area contributed by atoms with E-state index in [1.165, 1.54) is 7.11 Å². The summed E-state index contributed by atoms with van der Waals surface area (Å²) in [7, 11) is 3.41. The van der Waals surface area contributed by atoms with Crippen molar-refractivity contribution in [3.05, 3.63) is 29.8 Å². The third-order valence-corrected chi connectivity index (χ3v) is 3.66. The first-order valence-corrected chi connectivity index (χ1v) is 6.78. The molecule has 1 aliphatic heterocycles. The number of ether oxygens (including phenoxy) is 1. The van der Waals surface area contributed by atoms with Crippen molar-refractivity contribution in [2.45, 2.75) is 12.8 Å². The van der Waals surface area contributed by atoms with E-state index in [0.717, 1.165) is 25.9 Å². The maximum Gasteiger partial charge on any atom is 0.337 e. The maximum atomic E-state index is 12.1. The summed E-state index contributed by atoms with van der Waals surface area (Å²) in [5.41, 5.74) is 1.19. The summed E-state index contributed by atoms with van der Waals surface area (Å²) < 4.78 is 4.63. The van der Waals surface area contributed by atoms with Crippen LogP contribution < -0.4 is 5.32 Å². The number of esters is 1. The van der Waals surface area contributed by atoms with Gasteiger partial charge in [0.1, 0.15) is 0 Å². The molecular formula is C15H20N2O3. The van der Waals surface area contributed by atoms with Crippen LogP contribution in [0.4, 0.5) is 5.69 Å². The molecule has 1 aliphatic rings. The van der Waals surface area contributed by atoms with Crippen molar-refractivity contribution in [3.63, 3.8) is 0 Å². The van der Waals surface area contributed by atoms with E-state index in [-0.39, 0.29) is 17.8 Å². The predicted molar refractivity (Wildman–Crippen MR) is 76.6 cm³/mol. The first-order valence-electron chi connectivity index (χ1n) is 6.78. The monoisotopic (exact) mass is 276 g/mol. The number of hydrogen-bond acceptors (Lipinski definition) is 4. The zero-order chi connectivity index (χ0) is 14.5. The van der Waals surface area contributed by atoms with E-state index < -0.39 is 0 Å². The van der Waals surface area contributed by atoms with Gasteiger partial charge in [-0.2, -0.15) is 0 Å². The van der Waals surface area contributed by atoms with Crippen molar-refractivity contribution < 1.29 is 14.3 Å². The van der Waals surface area contributed by atoms with E-state index in [2.05, 4.69) is 22.0 Å². The van der Waals surface area contributed by atoms with Gasteiger partial charge in [0, 0.05) is 11.6 Å². The van der Waals surface area contributed by atoms with Crippen molar-refractivity contribution in [3.8, 4) is 0 Å². The van der Waals surface area contributed by atoms with Crippen LogP contribution in [-0.4, -0.2) is 44.0 Å². The molecule has 108 valence electrons. The zero-order valence-electron chi connectivity index (χ0n) is 11.9. The molecule has 0 unspecified atom stereocenters. The first kappa shape index (κ1) is 14.5. The second-order valence-corrected chi connectivity index (χ2v) is 5.14. The summed E-state index contributed by atoms with van der Waals surface area (Å²) in [6, 6.07) is 6.74. The minimum absolute atomic E-state index is 0.0592. The van der Waals surface area contributed by atoms with Crippen LogP contribution in [-0.2, 0) is 9.53 Å². The number of nitrogens with zero attached hydrogens (tertiary/aromatic N) is 1. The Kier molecular flexibility index (Phi) is 4.74. The molecule has 0 aliphatic carbocycles. The van der Waals surface area contributed by atoms with Crippen molar-refractivity contribution in [1.29, 1.82) is 0 Å². The van der Waals surface area contributed by atoms with E-state index in [0.29, 0.717) is 11.3 Å². The molecule has 0 saturated carbocycles. The molecule has 5 heteroatoms. The van der Waals surface area contributed by atoms with Crippen LogP contribution >= 0.6 is 0 Å².